The van der Waals surface area contributed by atoms with Crippen LogP contribution in [-0.2, 0) is 0 Å². The average Bonchev–Trinajstić information content (AvgIpc) is 2.82. The van der Waals surface area contributed by atoms with Crippen molar-refractivity contribution in [2.75, 3.05) is 0 Å². The molecule has 2 heterocycles. The van der Waals surface area contributed by atoms with E-state index in [0.717, 1.165) is 0 Å². The number of nitrogens with zero attached hydrogens (tertiary/aromatic N) is 4. The fourth-order valence-corrected chi connectivity index (χ4v) is 1.72. The van der Waals surface area contributed by atoms with Crippen LogP contribution in [0.5, 0.6) is 0 Å². The van der Waals surface area contributed by atoms with Gasteiger partial charge in [-0.1, -0.05) is 5.16 Å². The van der Waals surface area contributed by atoms with Crippen molar-refractivity contribution >= 4 is 17.3 Å². The number of hydrogen-bond acceptors (Lipinski definition) is 5. The van der Waals surface area contributed by atoms with E-state index in [-0.39, 0.29) is 24.2 Å². The lowest BCUT2D eigenvalue weighted by atomic mass is 10.2. The molecule has 2 aromatic heterocycles. The molecule has 8 nitrogen and oxygen atoms in total. The second-order valence-electron chi connectivity index (χ2n) is 4.13. The number of amides is 1. The minimum absolute atomic E-state index is 0.0642. The zero-order chi connectivity index (χ0) is 13.8. The summed E-state index contributed by atoms with van der Waals surface area (Å²) in [6.45, 7) is 1.76. The van der Waals surface area contributed by atoms with Gasteiger partial charge in [-0.25, -0.2) is 4.52 Å². The highest BCUT2D eigenvalue weighted by Crippen LogP contribution is 2.08. The molecule has 1 amide bonds. The maximum absolute atomic E-state index is 12.1. The Bertz CT molecular complexity index is 620. The van der Waals surface area contributed by atoms with E-state index < -0.39 is 0 Å². The lowest BCUT2D eigenvalue weighted by Crippen LogP contribution is -2.35. The van der Waals surface area contributed by atoms with E-state index in [9.17, 15) is 4.79 Å². The van der Waals surface area contributed by atoms with Crippen molar-refractivity contribution in [2.45, 2.75) is 19.4 Å². The lowest BCUT2D eigenvalue weighted by Gasteiger charge is -2.12. The summed E-state index contributed by atoms with van der Waals surface area (Å²) >= 11 is 0. The van der Waals surface area contributed by atoms with Crippen LogP contribution in [0.3, 0.4) is 0 Å². The highest BCUT2D eigenvalue weighted by molar-refractivity contribution is 6.00. The van der Waals surface area contributed by atoms with Crippen molar-refractivity contribution in [1.82, 2.24) is 19.9 Å². The Morgan fingerprint density at radius 2 is 2.42 bits per heavy atom. The van der Waals surface area contributed by atoms with Crippen molar-refractivity contribution in [2.24, 2.45) is 10.9 Å². The Balaban J connectivity index is 2.12. The average molecular weight is 262 g/mol. The molecule has 1 atom stereocenters. The van der Waals surface area contributed by atoms with Gasteiger partial charge < -0.3 is 16.3 Å². The van der Waals surface area contributed by atoms with Gasteiger partial charge in [0.1, 0.15) is 5.84 Å². The van der Waals surface area contributed by atoms with Gasteiger partial charge in [-0.15, -0.1) is 0 Å². The van der Waals surface area contributed by atoms with Crippen molar-refractivity contribution in [1.29, 1.82) is 0 Å². The third kappa shape index (κ3) is 2.79. The zero-order valence-corrected chi connectivity index (χ0v) is 10.3. The molecule has 8 heteroatoms. The van der Waals surface area contributed by atoms with Gasteiger partial charge in [0, 0.05) is 24.9 Å². The summed E-state index contributed by atoms with van der Waals surface area (Å²) in [5.41, 5.74) is 6.43. The second kappa shape index (κ2) is 5.34. The smallest absolute Gasteiger partial charge is 0.255 e. The minimum Gasteiger partial charge on any atom is -0.409 e. The zero-order valence-electron chi connectivity index (χ0n) is 10.3. The normalized spacial score (nSPS) is 13.4. The number of oxime groups is 1. The largest absolute Gasteiger partial charge is 0.409 e. The summed E-state index contributed by atoms with van der Waals surface area (Å²) < 4.78 is 1.57. The molecule has 2 aromatic rings. The maximum Gasteiger partial charge on any atom is 0.255 e. The Labute approximate surface area is 108 Å². The summed E-state index contributed by atoms with van der Waals surface area (Å²) in [5, 5.41) is 18.1. The van der Waals surface area contributed by atoms with Gasteiger partial charge >= 0.3 is 0 Å². The monoisotopic (exact) mass is 262 g/mol. The van der Waals surface area contributed by atoms with Crippen molar-refractivity contribution < 1.29 is 10.0 Å². The van der Waals surface area contributed by atoms with Crippen LogP contribution < -0.4 is 11.1 Å². The van der Waals surface area contributed by atoms with E-state index in [1.165, 1.54) is 6.20 Å². The van der Waals surface area contributed by atoms with Crippen molar-refractivity contribution in [3.05, 3.63) is 30.4 Å². The summed E-state index contributed by atoms with van der Waals surface area (Å²) in [6, 6.07) is -0.255. The van der Waals surface area contributed by atoms with Crippen LogP contribution in [0.2, 0.25) is 0 Å². The molecule has 0 aliphatic carbocycles. The molecule has 2 rings (SSSR count). The number of amidine groups is 1. The number of nitrogens with two attached hydrogens (primary N) is 1. The molecule has 0 bridgehead atoms. The molecular formula is C11H14N6O2. The van der Waals surface area contributed by atoms with Gasteiger partial charge in [0.25, 0.3) is 5.91 Å². The van der Waals surface area contributed by atoms with E-state index >= 15 is 0 Å². The van der Waals surface area contributed by atoms with E-state index in [2.05, 4.69) is 20.6 Å². The number of carbonyl (C=O) groups is 1. The minimum atomic E-state index is -0.277. The molecule has 0 aromatic carbocycles. The maximum atomic E-state index is 12.1. The molecular weight excluding hydrogens is 248 g/mol. The molecule has 0 aliphatic rings. The Kier molecular flexibility index (Phi) is 3.60. The number of aromatic nitrogens is 3. The van der Waals surface area contributed by atoms with Gasteiger partial charge in [-0.3, -0.25) is 9.78 Å². The van der Waals surface area contributed by atoms with E-state index in [1.807, 2.05) is 0 Å². The predicted molar refractivity (Wildman–Crippen MR) is 67.9 cm³/mol. The summed E-state index contributed by atoms with van der Waals surface area (Å²) in [6.07, 6.45) is 6.55. The molecule has 19 heavy (non-hydrogen) atoms. The first-order chi connectivity index (χ1) is 9.11. The first-order valence-electron chi connectivity index (χ1n) is 5.66. The van der Waals surface area contributed by atoms with Gasteiger partial charge in [0.15, 0.2) is 0 Å². The van der Waals surface area contributed by atoms with Crippen molar-refractivity contribution in [3.63, 3.8) is 0 Å². The molecule has 0 fully saturated rings. The van der Waals surface area contributed by atoms with Crippen LogP contribution in [0.1, 0.15) is 23.7 Å². The Hall–Kier alpha value is -2.64. The predicted octanol–water partition coefficient (Wildman–Crippen LogP) is -0.0159. The van der Waals surface area contributed by atoms with E-state index in [1.54, 1.807) is 30.0 Å². The quantitative estimate of drug-likeness (QED) is 0.310. The summed E-state index contributed by atoms with van der Waals surface area (Å²) in [7, 11) is 0. The molecule has 100 valence electrons. The van der Waals surface area contributed by atoms with Gasteiger partial charge in [0.05, 0.1) is 23.5 Å². The third-order valence-corrected chi connectivity index (χ3v) is 2.59. The van der Waals surface area contributed by atoms with Crippen LogP contribution in [0.25, 0.3) is 5.52 Å². The highest BCUT2D eigenvalue weighted by Gasteiger charge is 2.15. The molecule has 0 saturated heterocycles. The fourth-order valence-electron chi connectivity index (χ4n) is 1.72. The second-order valence-corrected chi connectivity index (χ2v) is 4.13. The molecule has 0 radical (unpaired) electrons. The Morgan fingerprint density at radius 1 is 1.63 bits per heavy atom. The lowest BCUT2D eigenvalue weighted by molar-refractivity contribution is 0.0942. The molecule has 4 N–H and O–H groups in total. The van der Waals surface area contributed by atoms with E-state index in [4.69, 9.17) is 10.9 Å². The van der Waals surface area contributed by atoms with Crippen LogP contribution in [0.4, 0.5) is 0 Å². The van der Waals surface area contributed by atoms with Gasteiger partial charge in [0.2, 0.25) is 0 Å². The summed E-state index contributed by atoms with van der Waals surface area (Å²) in [4.78, 5) is 16.0. The van der Waals surface area contributed by atoms with Crippen molar-refractivity contribution in [3.8, 4) is 0 Å². The third-order valence-electron chi connectivity index (χ3n) is 2.59. The van der Waals surface area contributed by atoms with Crippen LogP contribution >= 0.6 is 0 Å². The number of fused-ring (bicyclic) bond motifs is 1. The molecule has 0 saturated carbocycles. The number of carbonyl (C=O) groups excluding carboxylic acids is 1. The van der Waals surface area contributed by atoms with Crippen LogP contribution in [0.15, 0.2) is 29.9 Å². The number of hydrogen-bond donors (Lipinski definition) is 3. The number of rotatable bonds is 4. The topological polar surface area (TPSA) is 118 Å². The number of nitrogens with one attached hydrogen (secondary N) is 1. The first kappa shape index (κ1) is 12.8. The first-order valence-corrected chi connectivity index (χ1v) is 5.66. The Morgan fingerprint density at radius 3 is 3.16 bits per heavy atom. The standard InChI is InChI=1S/C11H14N6O2/c1-7(4-10(12)16-19)15-11(18)8-5-14-17-3-2-13-6-9(8)17/h2-3,5-7,19H,4H2,1H3,(H2,12,16)(H,15,18). The highest BCUT2D eigenvalue weighted by atomic mass is 16.4. The fraction of sp³-hybridized carbons (Fsp3) is 0.273. The summed E-state index contributed by atoms with van der Waals surface area (Å²) in [5.74, 6) is -0.212. The van der Waals surface area contributed by atoms with Crippen LogP contribution in [0, 0.1) is 0 Å². The van der Waals surface area contributed by atoms with Gasteiger partial charge in [-0.2, -0.15) is 5.10 Å². The molecule has 1 unspecified atom stereocenters. The van der Waals surface area contributed by atoms with Crippen LogP contribution in [-0.4, -0.2) is 37.6 Å². The van der Waals surface area contributed by atoms with Gasteiger partial charge in [-0.05, 0) is 6.92 Å². The molecule has 0 aliphatic heterocycles. The van der Waals surface area contributed by atoms with E-state index in [0.29, 0.717) is 11.1 Å². The molecule has 0 spiro atoms. The SMILES string of the molecule is CC(C/C(N)=N/O)NC(=O)c1cnn2ccncc12.